The van der Waals surface area contributed by atoms with Crippen LogP contribution in [0.3, 0.4) is 0 Å². The molecule has 0 bridgehead atoms. The molecule has 0 spiro atoms. The Bertz CT molecular complexity index is 948. The van der Waals surface area contributed by atoms with Crippen LogP contribution < -0.4 is 5.73 Å². The number of anilines is 1. The van der Waals surface area contributed by atoms with E-state index < -0.39 is 37.0 Å². The summed E-state index contributed by atoms with van der Waals surface area (Å²) in [5.41, 5.74) is 7.31. The first-order valence-electron chi connectivity index (χ1n) is 7.86. The normalized spacial score (nSPS) is 25.8. The largest absolute Gasteiger partial charge is 0.394 e. The van der Waals surface area contributed by atoms with E-state index in [4.69, 9.17) is 10.5 Å². The highest BCUT2D eigenvalue weighted by molar-refractivity contribution is 5.99. The zero-order valence-electron chi connectivity index (χ0n) is 13.4. The molecule has 0 radical (unpaired) electrons. The molecule has 0 saturated carbocycles. The van der Waals surface area contributed by atoms with E-state index in [9.17, 15) is 19.7 Å². The molecule has 4 atom stereocenters. The fourth-order valence-electron chi connectivity index (χ4n) is 3.14. The highest BCUT2D eigenvalue weighted by Crippen LogP contribution is 2.37. The number of halogens is 1. The first-order valence-corrected chi connectivity index (χ1v) is 7.86. The molecule has 4 heterocycles. The second-order valence-corrected chi connectivity index (χ2v) is 6.00. The summed E-state index contributed by atoms with van der Waals surface area (Å²) in [4.78, 5) is 12.2. The van der Waals surface area contributed by atoms with Crippen molar-refractivity contribution in [2.45, 2.75) is 24.5 Å². The van der Waals surface area contributed by atoms with E-state index >= 15 is 0 Å². The number of hydrogen-bond donors (Lipinski definition) is 4. The summed E-state index contributed by atoms with van der Waals surface area (Å²) in [6.07, 6.45) is -0.535. The van der Waals surface area contributed by atoms with Crippen molar-refractivity contribution >= 4 is 16.9 Å². The number of ether oxygens (including phenoxy) is 1. The molecule has 3 aromatic rings. The molecule has 0 amide bonds. The third-order valence-corrected chi connectivity index (χ3v) is 4.43. The molecule has 26 heavy (non-hydrogen) atoms. The minimum absolute atomic E-state index is 0.182. The number of nitrogens with two attached hydrogens (primary N) is 1. The lowest BCUT2D eigenvalue weighted by atomic mass is 10.1. The number of rotatable bonds is 3. The van der Waals surface area contributed by atoms with E-state index in [1.54, 1.807) is 6.20 Å². The van der Waals surface area contributed by atoms with Gasteiger partial charge in [-0.25, -0.2) is 14.4 Å². The average molecular weight is 361 g/mol. The van der Waals surface area contributed by atoms with Gasteiger partial charge in [0.1, 0.15) is 41.9 Å². The summed E-state index contributed by atoms with van der Waals surface area (Å²) in [5, 5.41) is 30.1. The smallest absolute Gasteiger partial charge is 0.164 e. The highest BCUT2D eigenvalue weighted by Gasteiger charge is 2.44. The molecule has 4 rings (SSSR count). The molecule has 1 saturated heterocycles. The Hall–Kier alpha value is -2.66. The number of nitrogen functional groups attached to an aromatic ring is 1. The first kappa shape index (κ1) is 16.8. The Labute approximate surface area is 146 Å². The molecule has 5 N–H and O–H groups in total. The number of hydrogen-bond acceptors (Lipinski definition) is 8. The fraction of sp³-hybridized carbons (Fsp3) is 0.312. The van der Waals surface area contributed by atoms with Gasteiger partial charge in [-0.05, 0) is 12.1 Å². The number of nitrogens with zero attached hydrogens (tertiary/aromatic N) is 4. The molecule has 9 nitrogen and oxygen atoms in total. The van der Waals surface area contributed by atoms with Crippen molar-refractivity contribution in [3.05, 3.63) is 36.7 Å². The van der Waals surface area contributed by atoms with Crippen LogP contribution in [0.5, 0.6) is 0 Å². The van der Waals surface area contributed by atoms with Crippen LogP contribution in [0.2, 0.25) is 0 Å². The molecule has 0 unspecified atom stereocenters. The van der Waals surface area contributed by atoms with Crippen LogP contribution in [0, 0.1) is 5.82 Å². The standard InChI is InChI=1S/C16H16FN5O4/c17-7-1-2-9(19-3-7)8-4-22(15-11(8)14(18)20-6-21-15)16-13(25)12(24)10(5-23)26-16/h1-4,6,10,12-13,16,23-25H,5H2,(H2,18,20,21)/t10-,12-,13-,16-/m1/s1. The molecule has 1 aliphatic heterocycles. The van der Waals surface area contributed by atoms with E-state index in [2.05, 4.69) is 15.0 Å². The van der Waals surface area contributed by atoms with Crippen molar-refractivity contribution < 1.29 is 24.4 Å². The third kappa shape index (κ3) is 2.51. The van der Waals surface area contributed by atoms with Crippen LogP contribution in [0.15, 0.2) is 30.9 Å². The Kier molecular flexibility index (Phi) is 4.04. The summed E-state index contributed by atoms with van der Waals surface area (Å²) in [6, 6.07) is 2.75. The zero-order valence-corrected chi connectivity index (χ0v) is 13.4. The number of aliphatic hydroxyl groups is 3. The number of pyridine rings is 1. The van der Waals surface area contributed by atoms with Crippen LogP contribution in [0.1, 0.15) is 6.23 Å². The van der Waals surface area contributed by atoms with Crippen molar-refractivity contribution in [2.75, 3.05) is 12.3 Å². The van der Waals surface area contributed by atoms with Gasteiger partial charge >= 0.3 is 0 Å². The van der Waals surface area contributed by atoms with Gasteiger partial charge in [-0.3, -0.25) is 4.98 Å². The van der Waals surface area contributed by atoms with E-state index in [1.165, 1.54) is 23.0 Å². The second-order valence-electron chi connectivity index (χ2n) is 6.00. The van der Waals surface area contributed by atoms with Crippen molar-refractivity contribution in [3.63, 3.8) is 0 Å². The molecule has 3 aromatic heterocycles. The fourth-order valence-corrected chi connectivity index (χ4v) is 3.14. The molecule has 10 heteroatoms. The van der Waals surface area contributed by atoms with E-state index in [0.29, 0.717) is 22.3 Å². The monoisotopic (exact) mass is 361 g/mol. The average Bonchev–Trinajstić information content (AvgIpc) is 3.15. The highest BCUT2D eigenvalue weighted by atomic mass is 19.1. The van der Waals surface area contributed by atoms with Gasteiger partial charge in [0, 0.05) is 11.8 Å². The van der Waals surface area contributed by atoms with Crippen molar-refractivity contribution in [1.29, 1.82) is 0 Å². The Morgan fingerprint density at radius 2 is 2.00 bits per heavy atom. The molecule has 1 fully saturated rings. The summed E-state index contributed by atoms with van der Waals surface area (Å²) in [7, 11) is 0. The number of fused-ring (bicyclic) bond motifs is 1. The molecule has 1 aliphatic rings. The summed E-state index contributed by atoms with van der Waals surface area (Å²) >= 11 is 0. The van der Waals surface area contributed by atoms with Gasteiger partial charge in [0.15, 0.2) is 6.23 Å². The predicted molar refractivity (Wildman–Crippen MR) is 88.1 cm³/mol. The van der Waals surface area contributed by atoms with Crippen LogP contribution in [0.25, 0.3) is 22.3 Å². The van der Waals surface area contributed by atoms with E-state index in [1.807, 2.05) is 0 Å². The van der Waals surface area contributed by atoms with E-state index in [0.717, 1.165) is 6.20 Å². The van der Waals surface area contributed by atoms with Crippen molar-refractivity contribution in [1.82, 2.24) is 19.5 Å². The lowest BCUT2D eigenvalue weighted by Gasteiger charge is -2.17. The van der Waals surface area contributed by atoms with Gasteiger partial charge in [-0.2, -0.15) is 0 Å². The van der Waals surface area contributed by atoms with Gasteiger partial charge < -0.3 is 30.4 Å². The second kappa shape index (κ2) is 6.25. The Balaban J connectivity index is 1.89. The van der Waals surface area contributed by atoms with Gasteiger partial charge in [-0.15, -0.1) is 0 Å². The summed E-state index contributed by atoms with van der Waals surface area (Å²) in [6.45, 7) is -0.447. The molecule has 136 valence electrons. The van der Waals surface area contributed by atoms with Gasteiger partial charge in [0.2, 0.25) is 0 Å². The maximum absolute atomic E-state index is 13.2. The minimum Gasteiger partial charge on any atom is -0.394 e. The van der Waals surface area contributed by atoms with Crippen LogP contribution in [-0.4, -0.2) is 59.8 Å². The first-order chi connectivity index (χ1) is 12.5. The van der Waals surface area contributed by atoms with Crippen LogP contribution in [0.4, 0.5) is 10.2 Å². The van der Waals surface area contributed by atoms with E-state index in [-0.39, 0.29) is 5.82 Å². The van der Waals surface area contributed by atoms with Gasteiger partial charge in [0.05, 0.1) is 23.9 Å². The predicted octanol–water partition coefficient (Wildman–Crippen LogP) is -0.174. The Morgan fingerprint density at radius 3 is 2.65 bits per heavy atom. The maximum Gasteiger partial charge on any atom is 0.164 e. The third-order valence-electron chi connectivity index (χ3n) is 4.43. The molecular formula is C16H16FN5O4. The van der Waals surface area contributed by atoms with Crippen LogP contribution >= 0.6 is 0 Å². The lowest BCUT2D eigenvalue weighted by molar-refractivity contribution is -0.0508. The quantitative estimate of drug-likeness (QED) is 0.504. The minimum atomic E-state index is -1.28. The molecule has 0 aromatic carbocycles. The van der Waals surface area contributed by atoms with Gasteiger partial charge in [0.25, 0.3) is 0 Å². The van der Waals surface area contributed by atoms with Crippen molar-refractivity contribution in [2.24, 2.45) is 0 Å². The van der Waals surface area contributed by atoms with Crippen molar-refractivity contribution in [3.8, 4) is 11.3 Å². The van der Waals surface area contributed by atoms with Crippen LogP contribution in [-0.2, 0) is 4.74 Å². The molecule has 0 aliphatic carbocycles. The number of aliphatic hydroxyl groups excluding tert-OH is 3. The topological polar surface area (TPSA) is 140 Å². The number of aromatic nitrogens is 4. The zero-order chi connectivity index (χ0) is 18.4. The Morgan fingerprint density at radius 1 is 1.19 bits per heavy atom. The molecular weight excluding hydrogens is 345 g/mol. The summed E-state index contributed by atoms with van der Waals surface area (Å²) < 4.78 is 20.3. The summed E-state index contributed by atoms with van der Waals surface area (Å²) in [5.74, 6) is -0.299. The lowest BCUT2D eigenvalue weighted by Crippen LogP contribution is -2.33. The maximum atomic E-state index is 13.2. The van der Waals surface area contributed by atoms with Gasteiger partial charge in [-0.1, -0.05) is 0 Å². The SMILES string of the molecule is Nc1ncnc2c1c(-c1ccc(F)cn1)cn2[C@@H]1O[C@H](CO)[C@@H](O)[C@H]1O.